The highest BCUT2D eigenvalue weighted by Crippen LogP contribution is 1.89. The smallest absolute Gasteiger partial charge is 0.0851 e. The Morgan fingerprint density at radius 3 is 2.82 bits per heavy atom. The Labute approximate surface area is 68.6 Å². The number of hydrogen-bond acceptors (Lipinski definition) is 3. The summed E-state index contributed by atoms with van der Waals surface area (Å²) in [7, 11) is 0. The maximum Gasteiger partial charge on any atom is 0.0851 e. The van der Waals surface area contributed by atoms with Crippen molar-refractivity contribution in [3.05, 3.63) is 12.7 Å². The lowest BCUT2D eigenvalue weighted by atomic mass is 10.5. The minimum absolute atomic E-state index is 0.728. The van der Waals surface area contributed by atoms with Crippen molar-refractivity contribution in [2.75, 3.05) is 26.2 Å². The standard InChI is InChI=1S/C5H11N3.C3H6/c6-1-3-8-4-2-7-5-8;1-3-2/h5H,1-4,6H2;3H,1H2,2H3. The van der Waals surface area contributed by atoms with Gasteiger partial charge in [-0.2, -0.15) is 0 Å². The van der Waals surface area contributed by atoms with Crippen molar-refractivity contribution >= 4 is 6.34 Å². The molecule has 0 aromatic carbocycles. The van der Waals surface area contributed by atoms with Gasteiger partial charge in [-0.05, 0) is 6.92 Å². The second-order valence-corrected chi connectivity index (χ2v) is 2.25. The van der Waals surface area contributed by atoms with Crippen LogP contribution in [-0.2, 0) is 0 Å². The first-order valence-corrected chi connectivity index (χ1v) is 3.86. The van der Waals surface area contributed by atoms with Gasteiger partial charge in [0.2, 0.25) is 0 Å². The zero-order valence-corrected chi connectivity index (χ0v) is 7.16. The molecule has 0 unspecified atom stereocenters. The van der Waals surface area contributed by atoms with E-state index in [1.54, 1.807) is 6.08 Å². The molecule has 0 aliphatic carbocycles. The third-order valence-electron chi connectivity index (χ3n) is 1.18. The van der Waals surface area contributed by atoms with E-state index in [1.807, 2.05) is 13.3 Å². The lowest BCUT2D eigenvalue weighted by Crippen LogP contribution is -2.26. The van der Waals surface area contributed by atoms with Gasteiger partial charge in [0.1, 0.15) is 0 Å². The van der Waals surface area contributed by atoms with E-state index in [-0.39, 0.29) is 0 Å². The van der Waals surface area contributed by atoms with Gasteiger partial charge in [-0.25, -0.2) is 0 Å². The molecular weight excluding hydrogens is 138 g/mol. The first-order valence-electron chi connectivity index (χ1n) is 3.86. The second-order valence-electron chi connectivity index (χ2n) is 2.25. The van der Waals surface area contributed by atoms with E-state index < -0.39 is 0 Å². The summed E-state index contributed by atoms with van der Waals surface area (Å²) >= 11 is 0. The molecule has 0 radical (unpaired) electrons. The molecule has 0 saturated heterocycles. The zero-order valence-electron chi connectivity index (χ0n) is 7.16. The molecular formula is C8H17N3. The van der Waals surface area contributed by atoms with Gasteiger partial charge in [0.25, 0.3) is 0 Å². The van der Waals surface area contributed by atoms with Gasteiger partial charge < -0.3 is 10.6 Å². The summed E-state index contributed by atoms with van der Waals surface area (Å²) < 4.78 is 0. The summed E-state index contributed by atoms with van der Waals surface area (Å²) in [5.41, 5.74) is 5.30. The van der Waals surface area contributed by atoms with Crippen molar-refractivity contribution in [1.82, 2.24) is 4.90 Å². The third kappa shape index (κ3) is 5.61. The zero-order chi connectivity index (χ0) is 8.53. The Morgan fingerprint density at radius 2 is 2.45 bits per heavy atom. The van der Waals surface area contributed by atoms with Gasteiger partial charge in [-0.1, -0.05) is 6.08 Å². The fourth-order valence-corrected chi connectivity index (χ4v) is 0.752. The fraction of sp³-hybridized carbons (Fsp3) is 0.625. The molecule has 0 aromatic heterocycles. The third-order valence-corrected chi connectivity index (χ3v) is 1.18. The largest absolute Gasteiger partial charge is 0.360 e. The van der Waals surface area contributed by atoms with Crippen molar-refractivity contribution in [1.29, 1.82) is 0 Å². The Morgan fingerprint density at radius 1 is 1.82 bits per heavy atom. The summed E-state index contributed by atoms with van der Waals surface area (Å²) in [4.78, 5) is 6.15. The van der Waals surface area contributed by atoms with E-state index >= 15 is 0 Å². The van der Waals surface area contributed by atoms with Crippen molar-refractivity contribution in [2.24, 2.45) is 10.7 Å². The van der Waals surface area contributed by atoms with Gasteiger partial charge in [0.15, 0.2) is 0 Å². The number of nitrogens with zero attached hydrogens (tertiary/aromatic N) is 2. The quantitative estimate of drug-likeness (QED) is 0.589. The Hall–Kier alpha value is -0.830. The van der Waals surface area contributed by atoms with Crippen molar-refractivity contribution in [3.8, 4) is 0 Å². The topological polar surface area (TPSA) is 41.6 Å². The molecule has 0 aromatic rings. The Kier molecular flexibility index (Phi) is 6.73. The van der Waals surface area contributed by atoms with E-state index in [0.29, 0.717) is 0 Å². The molecule has 3 nitrogen and oxygen atoms in total. The van der Waals surface area contributed by atoms with Gasteiger partial charge in [-0.15, -0.1) is 6.58 Å². The molecule has 0 fully saturated rings. The van der Waals surface area contributed by atoms with Crippen LogP contribution in [0.25, 0.3) is 0 Å². The highest BCUT2D eigenvalue weighted by molar-refractivity contribution is 5.56. The maximum absolute atomic E-state index is 5.30. The molecule has 1 heterocycles. The van der Waals surface area contributed by atoms with Gasteiger partial charge in [0.05, 0.1) is 12.9 Å². The first kappa shape index (κ1) is 10.2. The van der Waals surface area contributed by atoms with Gasteiger partial charge >= 0.3 is 0 Å². The highest BCUT2D eigenvalue weighted by Gasteiger charge is 2.01. The van der Waals surface area contributed by atoms with E-state index in [1.165, 1.54) is 0 Å². The number of hydrogen-bond donors (Lipinski definition) is 1. The number of rotatable bonds is 2. The molecule has 1 aliphatic heterocycles. The van der Waals surface area contributed by atoms with E-state index in [4.69, 9.17) is 5.73 Å². The summed E-state index contributed by atoms with van der Waals surface area (Å²) in [5, 5.41) is 0. The van der Waals surface area contributed by atoms with Crippen LogP contribution in [0, 0.1) is 0 Å². The van der Waals surface area contributed by atoms with Crippen LogP contribution >= 0.6 is 0 Å². The summed E-state index contributed by atoms with van der Waals surface area (Å²) in [5.74, 6) is 0. The minimum Gasteiger partial charge on any atom is -0.360 e. The number of aliphatic imine (C=N–C) groups is 1. The molecule has 3 heteroatoms. The van der Waals surface area contributed by atoms with Gasteiger partial charge in [0, 0.05) is 19.6 Å². The molecule has 64 valence electrons. The minimum atomic E-state index is 0.728. The average molecular weight is 155 g/mol. The second kappa shape index (κ2) is 7.28. The predicted octanol–water partition coefficient (Wildman–Crippen LogP) is 0.481. The normalized spacial score (nSPS) is 14.2. The van der Waals surface area contributed by atoms with Crippen LogP contribution in [0.5, 0.6) is 0 Å². The lowest BCUT2D eigenvalue weighted by Gasteiger charge is -2.09. The molecule has 0 bridgehead atoms. The molecule has 0 spiro atoms. The summed E-state index contributed by atoms with van der Waals surface area (Å²) in [6.07, 6.45) is 3.62. The van der Waals surface area contributed by atoms with Crippen LogP contribution in [0.2, 0.25) is 0 Å². The van der Waals surface area contributed by atoms with Crippen LogP contribution in [0.3, 0.4) is 0 Å². The van der Waals surface area contributed by atoms with Gasteiger partial charge in [-0.3, -0.25) is 4.99 Å². The number of allylic oxidation sites excluding steroid dienone is 1. The van der Waals surface area contributed by atoms with Crippen molar-refractivity contribution in [3.63, 3.8) is 0 Å². The van der Waals surface area contributed by atoms with Crippen molar-refractivity contribution < 1.29 is 0 Å². The SMILES string of the molecule is C=CC.NCCN1C=NCC1. The average Bonchev–Trinajstić information content (AvgIpc) is 2.42. The van der Waals surface area contributed by atoms with Crippen LogP contribution in [-0.4, -0.2) is 37.4 Å². The van der Waals surface area contributed by atoms with Crippen LogP contribution in [0.15, 0.2) is 17.6 Å². The van der Waals surface area contributed by atoms with Crippen LogP contribution in [0.1, 0.15) is 6.92 Å². The predicted molar refractivity (Wildman–Crippen MR) is 49.9 cm³/mol. The van der Waals surface area contributed by atoms with E-state index in [2.05, 4.69) is 16.5 Å². The molecule has 0 atom stereocenters. The molecule has 0 amide bonds. The monoisotopic (exact) mass is 155 g/mol. The highest BCUT2D eigenvalue weighted by atomic mass is 15.2. The summed E-state index contributed by atoms with van der Waals surface area (Å²) in [6, 6.07) is 0. The van der Waals surface area contributed by atoms with Crippen LogP contribution < -0.4 is 5.73 Å². The van der Waals surface area contributed by atoms with Crippen LogP contribution in [0.4, 0.5) is 0 Å². The van der Waals surface area contributed by atoms with Crippen molar-refractivity contribution in [2.45, 2.75) is 6.92 Å². The lowest BCUT2D eigenvalue weighted by molar-refractivity contribution is 0.478. The molecule has 1 aliphatic rings. The molecule has 2 N–H and O–H groups in total. The Balaban J connectivity index is 0.000000292. The molecule has 11 heavy (non-hydrogen) atoms. The fourth-order valence-electron chi connectivity index (χ4n) is 0.752. The molecule has 1 rings (SSSR count). The summed E-state index contributed by atoms with van der Waals surface area (Å²) in [6.45, 7) is 8.92. The maximum atomic E-state index is 5.30. The molecule has 0 saturated carbocycles. The first-order chi connectivity index (χ1) is 5.35. The Bertz CT molecular complexity index is 121. The number of nitrogens with two attached hydrogens (primary N) is 1. The van der Waals surface area contributed by atoms with E-state index in [9.17, 15) is 0 Å². The van der Waals surface area contributed by atoms with E-state index in [0.717, 1.165) is 26.2 Å².